The average molecular weight is 568 g/mol. The molecule has 1 atom stereocenters. The summed E-state index contributed by atoms with van der Waals surface area (Å²) in [4.78, 5) is 13.5. The molecular weight excluding hydrogens is 538 g/mol. The minimum absolute atomic E-state index is 0.0729. The van der Waals surface area contributed by atoms with Crippen molar-refractivity contribution in [2.45, 2.75) is 64.7 Å². The summed E-state index contributed by atoms with van der Waals surface area (Å²) < 4.78 is 20.1. The van der Waals surface area contributed by atoms with Crippen molar-refractivity contribution >= 4 is 27.8 Å². The molecule has 1 aromatic heterocycles. The fraction of sp³-hybridized carbons (Fsp3) is 0.407. The summed E-state index contributed by atoms with van der Waals surface area (Å²) in [6.45, 7) is 4.28. The van der Waals surface area contributed by atoms with Crippen LogP contribution >= 0.6 is 15.9 Å². The van der Waals surface area contributed by atoms with Crippen molar-refractivity contribution in [2.24, 2.45) is 0 Å². The number of aryl methyl sites for hydroxylation is 1. The van der Waals surface area contributed by atoms with Crippen LogP contribution in [-0.4, -0.2) is 39.4 Å². The number of ether oxygens (including phenoxy) is 3. The molecule has 0 amide bonds. The standard InChI is InChI=1S/C27H30BrN5O4/c1-16-9-11-18(12-10-16)15-36-25-21(28)13-19(14-22(25)35-3)24-23(17(2)29-27-30-31-32-33(24)27)26(34)37-20-7-5-4-6-8-20/h9-14,20,24H,4-8,15H2,1-3H3,(H,29,30,32). The van der Waals surface area contributed by atoms with Crippen LogP contribution in [0.25, 0.3) is 0 Å². The number of rotatable bonds is 7. The summed E-state index contributed by atoms with van der Waals surface area (Å²) in [5.74, 6) is 1.19. The number of nitrogens with one attached hydrogen (secondary N) is 1. The largest absolute Gasteiger partial charge is 0.493 e. The number of aromatic nitrogens is 4. The van der Waals surface area contributed by atoms with Gasteiger partial charge in [-0.3, -0.25) is 0 Å². The molecule has 1 aliphatic heterocycles. The molecule has 9 nitrogen and oxygen atoms in total. The number of tetrazole rings is 1. The molecule has 1 N–H and O–H groups in total. The molecule has 3 aromatic rings. The van der Waals surface area contributed by atoms with Gasteiger partial charge in [0.05, 0.1) is 17.2 Å². The summed E-state index contributed by atoms with van der Waals surface area (Å²) in [5, 5.41) is 15.2. The van der Waals surface area contributed by atoms with Crippen LogP contribution in [0.2, 0.25) is 0 Å². The number of halogens is 1. The van der Waals surface area contributed by atoms with E-state index in [9.17, 15) is 4.79 Å². The quantitative estimate of drug-likeness (QED) is 0.374. The number of fused-ring (bicyclic) bond motifs is 1. The number of carbonyl (C=O) groups excluding carboxylic acids is 1. The molecule has 1 fully saturated rings. The SMILES string of the molecule is COc1cc(C2C(C(=O)OC3CCCCC3)=C(C)Nc3nnnn32)cc(Br)c1OCc1ccc(C)cc1. The number of esters is 1. The van der Waals surface area contributed by atoms with Gasteiger partial charge in [-0.15, -0.1) is 0 Å². The highest BCUT2D eigenvalue weighted by molar-refractivity contribution is 9.10. The molecular formula is C27H30BrN5O4. The van der Waals surface area contributed by atoms with Crippen LogP contribution in [0.15, 0.2) is 52.1 Å². The van der Waals surface area contributed by atoms with Crippen molar-refractivity contribution in [3.63, 3.8) is 0 Å². The molecule has 0 saturated heterocycles. The Balaban J connectivity index is 1.47. The minimum Gasteiger partial charge on any atom is -0.493 e. The van der Waals surface area contributed by atoms with E-state index < -0.39 is 6.04 Å². The van der Waals surface area contributed by atoms with Crippen LogP contribution in [0.3, 0.4) is 0 Å². The molecule has 1 saturated carbocycles. The van der Waals surface area contributed by atoms with Gasteiger partial charge in [-0.05, 0) is 89.1 Å². The molecule has 0 spiro atoms. The third kappa shape index (κ3) is 5.34. The molecule has 2 aliphatic rings. The Bertz CT molecular complexity index is 1310. The molecule has 194 valence electrons. The number of allylic oxidation sites excluding steroid dienone is 1. The maximum Gasteiger partial charge on any atom is 0.338 e. The van der Waals surface area contributed by atoms with Gasteiger partial charge in [0.25, 0.3) is 0 Å². The molecule has 2 heterocycles. The molecule has 2 aromatic carbocycles. The molecule has 37 heavy (non-hydrogen) atoms. The normalized spacial score (nSPS) is 17.7. The van der Waals surface area contributed by atoms with Crippen LogP contribution in [-0.2, 0) is 16.1 Å². The first-order valence-electron chi connectivity index (χ1n) is 12.5. The maximum atomic E-state index is 13.5. The van der Waals surface area contributed by atoms with Crippen LogP contribution in [0.5, 0.6) is 11.5 Å². The maximum absolute atomic E-state index is 13.5. The van der Waals surface area contributed by atoms with Gasteiger partial charge in [-0.1, -0.05) is 41.3 Å². The van der Waals surface area contributed by atoms with Crippen molar-refractivity contribution in [1.29, 1.82) is 0 Å². The number of benzene rings is 2. The zero-order valence-electron chi connectivity index (χ0n) is 21.2. The Morgan fingerprint density at radius 1 is 1.14 bits per heavy atom. The van der Waals surface area contributed by atoms with Gasteiger partial charge in [-0.2, -0.15) is 4.68 Å². The van der Waals surface area contributed by atoms with E-state index in [1.165, 1.54) is 12.0 Å². The number of hydrogen-bond donors (Lipinski definition) is 1. The Morgan fingerprint density at radius 2 is 1.89 bits per heavy atom. The molecule has 5 rings (SSSR count). The zero-order valence-corrected chi connectivity index (χ0v) is 22.7. The Hall–Kier alpha value is -3.40. The van der Waals surface area contributed by atoms with E-state index in [1.807, 2.05) is 31.2 Å². The number of methoxy groups -OCH3 is 1. The van der Waals surface area contributed by atoms with Crippen LogP contribution in [0.4, 0.5) is 5.95 Å². The van der Waals surface area contributed by atoms with Gasteiger partial charge in [0, 0.05) is 5.70 Å². The summed E-state index contributed by atoms with van der Waals surface area (Å²) in [6, 6.07) is 11.4. The van der Waals surface area contributed by atoms with Crippen molar-refractivity contribution in [2.75, 3.05) is 12.4 Å². The highest BCUT2D eigenvalue weighted by Crippen LogP contribution is 2.43. The van der Waals surface area contributed by atoms with Gasteiger partial charge in [0.2, 0.25) is 5.95 Å². The minimum atomic E-state index is -0.598. The predicted molar refractivity (Wildman–Crippen MR) is 141 cm³/mol. The summed E-state index contributed by atoms with van der Waals surface area (Å²) >= 11 is 3.66. The van der Waals surface area contributed by atoms with Crippen molar-refractivity contribution in [3.05, 3.63) is 68.8 Å². The van der Waals surface area contributed by atoms with Crippen molar-refractivity contribution in [3.8, 4) is 11.5 Å². The van der Waals surface area contributed by atoms with Crippen LogP contribution < -0.4 is 14.8 Å². The zero-order chi connectivity index (χ0) is 25.9. The van der Waals surface area contributed by atoms with Crippen molar-refractivity contribution < 1.29 is 19.0 Å². The van der Waals surface area contributed by atoms with Gasteiger partial charge in [-0.25, -0.2) is 4.79 Å². The van der Waals surface area contributed by atoms with E-state index in [0.29, 0.717) is 39.8 Å². The Labute approximate surface area is 224 Å². The van der Waals surface area contributed by atoms with E-state index in [-0.39, 0.29) is 12.1 Å². The van der Waals surface area contributed by atoms with E-state index in [0.717, 1.165) is 36.8 Å². The second-order valence-electron chi connectivity index (χ2n) is 9.49. The highest BCUT2D eigenvalue weighted by atomic mass is 79.9. The van der Waals surface area contributed by atoms with Gasteiger partial charge in [0.1, 0.15) is 18.8 Å². The van der Waals surface area contributed by atoms with Gasteiger partial charge in [0.15, 0.2) is 11.5 Å². The lowest BCUT2D eigenvalue weighted by atomic mass is 9.94. The lowest BCUT2D eigenvalue weighted by molar-refractivity contribution is -0.146. The van der Waals surface area contributed by atoms with Crippen LogP contribution in [0, 0.1) is 6.92 Å². The fourth-order valence-corrected chi connectivity index (χ4v) is 5.43. The van der Waals surface area contributed by atoms with Crippen LogP contribution in [0.1, 0.15) is 61.8 Å². The fourth-order valence-electron chi connectivity index (χ4n) is 4.86. The number of hydrogen-bond acceptors (Lipinski definition) is 8. The second kappa shape index (κ2) is 10.9. The first kappa shape index (κ1) is 25.3. The van der Waals surface area contributed by atoms with E-state index in [2.05, 4.69) is 55.8 Å². The lowest BCUT2D eigenvalue weighted by Crippen LogP contribution is -2.32. The average Bonchev–Trinajstić information content (AvgIpc) is 3.36. The Morgan fingerprint density at radius 3 is 2.62 bits per heavy atom. The molecule has 0 bridgehead atoms. The Kier molecular flexibility index (Phi) is 7.45. The monoisotopic (exact) mass is 567 g/mol. The lowest BCUT2D eigenvalue weighted by Gasteiger charge is -2.30. The summed E-state index contributed by atoms with van der Waals surface area (Å²) in [6.07, 6.45) is 5.03. The number of anilines is 1. The second-order valence-corrected chi connectivity index (χ2v) is 10.3. The summed E-state index contributed by atoms with van der Waals surface area (Å²) in [5.41, 5.74) is 4.12. The number of carbonyl (C=O) groups is 1. The van der Waals surface area contributed by atoms with E-state index in [1.54, 1.807) is 11.8 Å². The smallest absolute Gasteiger partial charge is 0.338 e. The third-order valence-corrected chi connectivity index (χ3v) is 7.42. The molecule has 1 unspecified atom stereocenters. The highest BCUT2D eigenvalue weighted by Gasteiger charge is 2.37. The third-order valence-electron chi connectivity index (χ3n) is 6.83. The molecule has 10 heteroatoms. The van der Waals surface area contributed by atoms with Gasteiger partial charge >= 0.3 is 5.97 Å². The predicted octanol–water partition coefficient (Wildman–Crippen LogP) is 5.50. The first-order valence-corrected chi connectivity index (χ1v) is 13.3. The van der Waals surface area contributed by atoms with E-state index >= 15 is 0 Å². The molecule has 1 aliphatic carbocycles. The number of nitrogens with zero attached hydrogens (tertiary/aromatic N) is 4. The topological polar surface area (TPSA) is 100 Å². The van der Waals surface area contributed by atoms with Gasteiger partial charge < -0.3 is 19.5 Å². The van der Waals surface area contributed by atoms with E-state index in [4.69, 9.17) is 14.2 Å². The van der Waals surface area contributed by atoms with Crippen molar-refractivity contribution in [1.82, 2.24) is 20.2 Å². The molecule has 0 radical (unpaired) electrons. The first-order chi connectivity index (χ1) is 17.9. The summed E-state index contributed by atoms with van der Waals surface area (Å²) in [7, 11) is 1.59.